The number of carbonyl (C=O) groups is 1. The van der Waals surface area contributed by atoms with Gasteiger partial charge in [-0.3, -0.25) is 4.79 Å². The molecule has 6 heteroatoms. The van der Waals surface area contributed by atoms with Crippen molar-refractivity contribution >= 4 is 5.97 Å². The van der Waals surface area contributed by atoms with E-state index in [0.717, 1.165) is 38.0 Å². The van der Waals surface area contributed by atoms with Crippen molar-refractivity contribution in [2.45, 2.75) is 77.7 Å². The second-order valence-corrected chi connectivity index (χ2v) is 10.7. The van der Waals surface area contributed by atoms with Crippen LogP contribution in [0.15, 0.2) is 18.2 Å². The average molecular weight is 489 g/mol. The lowest BCUT2D eigenvalue weighted by Crippen LogP contribution is -2.45. The number of aryl methyl sites for hydroxylation is 1. The van der Waals surface area contributed by atoms with E-state index in [2.05, 4.69) is 32.0 Å². The Hall–Kier alpha value is -1.63. The molecule has 3 aliphatic carbocycles. The second-order valence-electron chi connectivity index (χ2n) is 10.7. The zero-order chi connectivity index (χ0) is 24.7. The Morgan fingerprint density at radius 2 is 1.66 bits per heavy atom. The summed E-state index contributed by atoms with van der Waals surface area (Å²) < 4.78 is 28.2. The predicted octanol–water partition coefficient (Wildman–Crippen LogP) is 5.31. The highest BCUT2D eigenvalue weighted by atomic mass is 16.6. The van der Waals surface area contributed by atoms with E-state index in [-0.39, 0.29) is 17.5 Å². The van der Waals surface area contributed by atoms with Crippen LogP contribution in [0, 0.1) is 17.3 Å². The maximum atomic E-state index is 11.6. The van der Waals surface area contributed by atoms with Gasteiger partial charge in [0.05, 0.1) is 33.0 Å². The number of hydrogen-bond donors (Lipinski definition) is 0. The van der Waals surface area contributed by atoms with Gasteiger partial charge in [-0.05, 0) is 86.0 Å². The third-order valence-electron chi connectivity index (χ3n) is 8.51. The van der Waals surface area contributed by atoms with Crippen molar-refractivity contribution in [2.75, 3.05) is 46.2 Å². The molecule has 2 fully saturated rings. The molecule has 0 heterocycles. The summed E-state index contributed by atoms with van der Waals surface area (Å²) in [6.45, 7) is 10.3. The number of esters is 1. The van der Waals surface area contributed by atoms with Crippen molar-refractivity contribution in [3.8, 4) is 5.75 Å². The van der Waals surface area contributed by atoms with Gasteiger partial charge in [-0.1, -0.05) is 19.9 Å². The van der Waals surface area contributed by atoms with E-state index >= 15 is 0 Å². The molecule has 2 saturated carbocycles. The van der Waals surface area contributed by atoms with Crippen molar-refractivity contribution in [3.63, 3.8) is 0 Å². The largest absolute Gasteiger partial charge is 0.491 e. The summed E-state index contributed by atoms with van der Waals surface area (Å²) in [6, 6.07) is 6.68. The van der Waals surface area contributed by atoms with E-state index in [1.54, 1.807) is 6.92 Å². The highest BCUT2D eigenvalue weighted by Crippen LogP contribution is 2.61. The molecule has 1 aromatic carbocycles. The fourth-order valence-electron chi connectivity index (χ4n) is 6.90. The van der Waals surface area contributed by atoms with E-state index in [9.17, 15) is 4.79 Å². The number of ether oxygens (including phenoxy) is 5. The minimum atomic E-state index is -0.132. The normalized spacial score (nSPS) is 29.2. The topological polar surface area (TPSA) is 63.2 Å². The van der Waals surface area contributed by atoms with Gasteiger partial charge in [0, 0.05) is 18.9 Å². The molecular weight excluding hydrogens is 444 g/mol. The summed E-state index contributed by atoms with van der Waals surface area (Å²) in [6.07, 6.45) is 7.99. The summed E-state index contributed by atoms with van der Waals surface area (Å²) in [5.41, 5.74) is 3.10. The Labute approximate surface area is 211 Å². The minimum absolute atomic E-state index is 0.0942. The molecule has 0 aliphatic heterocycles. The monoisotopic (exact) mass is 488 g/mol. The second kappa shape index (κ2) is 12.6. The van der Waals surface area contributed by atoms with Crippen LogP contribution in [0.5, 0.6) is 5.75 Å². The molecule has 0 unspecified atom stereocenters. The van der Waals surface area contributed by atoms with E-state index in [0.29, 0.717) is 57.4 Å². The Kier molecular flexibility index (Phi) is 9.48. The zero-order valence-corrected chi connectivity index (χ0v) is 21.9. The molecule has 4 rings (SSSR count). The van der Waals surface area contributed by atoms with E-state index in [1.807, 2.05) is 0 Å². The third-order valence-corrected chi connectivity index (χ3v) is 8.51. The molecule has 196 valence electrons. The smallest absolute Gasteiger partial charge is 0.302 e. The fraction of sp³-hybridized carbons (Fsp3) is 0.759. The Balaban J connectivity index is 1.21. The van der Waals surface area contributed by atoms with Crippen molar-refractivity contribution in [1.29, 1.82) is 0 Å². The first kappa shape index (κ1) is 26.4. The lowest BCUT2D eigenvalue weighted by Gasteiger charge is -2.50. The van der Waals surface area contributed by atoms with Crippen LogP contribution in [-0.2, 0) is 30.2 Å². The van der Waals surface area contributed by atoms with Crippen LogP contribution >= 0.6 is 0 Å². The van der Waals surface area contributed by atoms with E-state index in [1.165, 1.54) is 30.4 Å². The van der Waals surface area contributed by atoms with Crippen LogP contribution < -0.4 is 4.74 Å². The lowest BCUT2D eigenvalue weighted by atomic mass is 9.55. The molecule has 35 heavy (non-hydrogen) atoms. The Bertz CT molecular complexity index is 825. The third kappa shape index (κ3) is 6.39. The highest BCUT2D eigenvalue weighted by Gasteiger charge is 2.56. The average Bonchev–Trinajstić information content (AvgIpc) is 3.17. The van der Waals surface area contributed by atoms with Gasteiger partial charge in [-0.2, -0.15) is 0 Å². The summed E-state index contributed by atoms with van der Waals surface area (Å²) in [5, 5.41) is 0. The molecule has 0 N–H and O–H groups in total. The van der Waals surface area contributed by atoms with Crippen molar-refractivity contribution in [1.82, 2.24) is 0 Å². The summed E-state index contributed by atoms with van der Waals surface area (Å²) in [4.78, 5) is 11.6. The quantitative estimate of drug-likeness (QED) is 0.277. The van der Waals surface area contributed by atoms with Gasteiger partial charge < -0.3 is 23.7 Å². The van der Waals surface area contributed by atoms with Gasteiger partial charge in [-0.15, -0.1) is 0 Å². The molecule has 0 aromatic heterocycles. The maximum absolute atomic E-state index is 11.6. The van der Waals surface area contributed by atoms with Crippen molar-refractivity contribution in [2.24, 2.45) is 17.3 Å². The van der Waals surface area contributed by atoms with Gasteiger partial charge in [-0.25, -0.2) is 0 Å². The molecule has 0 saturated heterocycles. The van der Waals surface area contributed by atoms with Gasteiger partial charge in [0.1, 0.15) is 18.5 Å². The highest BCUT2D eigenvalue weighted by molar-refractivity contribution is 5.66. The molecular formula is C29H44O6. The van der Waals surface area contributed by atoms with Crippen molar-refractivity contribution < 1.29 is 28.5 Å². The number of rotatable bonds is 13. The SMILES string of the molecule is CCCOCCOCCOCCOc1ccc2c(c1)CC[C@@H]1[C@@H]2CC[C@]2(C)[C@@H](OC(C)=O)CC[C@@H]12. The molecule has 1 aromatic rings. The molecule has 0 bridgehead atoms. The molecule has 6 nitrogen and oxygen atoms in total. The first-order chi connectivity index (χ1) is 17.0. The molecule has 5 atom stereocenters. The van der Waals surface area contributed by atoms with Crippen LogP contribution in [0.4, 0.5) is 0 Å². The van der Waals surface area contributed by atoms with Crippen molar-refractivity contribution in [3.05, 3.63) is 29.3 Å². The summed E-state index contributed by atoms with van der Waals surface area (Å²) in [5.74, 6) is 2.78. The molecule has 0 spiro atoms. The van der Waals surface area contributed by atoms with Crippen LogP contribution in [0.2, 0.25) is 0 Å². The Morgan fingerprint density at radius 3 is 2.37 bits per heavy atom. The first-order valence-electron chi connectivity index (χ1n) is 13.7. The molecule has 0 radical (unpaired) electrons. The standard InChI is InChI=1S/C29H44O6/c1-4-13-31-14-15-32-16-17-33-18-19-34-23-6-8-24-22(20-23)5-7-26-25(24)11-12-29(3)27(26)9-10-28(29)35-21(2)30/h6,8,20,25-28H,4-5,7,9-19H2,1-3H3/t25-,26-,27+,28+,29+/m1/s1. The number of hydrogen-bond acceptors (Lipinski definition) is 6. The predicted molar refractivity (Wildman–Crippen MR) is 135 cm³/mol. The van der Waals surface area contributed by atoms with Gasteiger partial charge in [0.25, 0.3) is 0 Å². The van der Waals surface area contributed by atoms with Gasteiger partial charge in [0.2, 0.25) is 0 Å². The van der Waals surface area contributed by atoms with Gasteiger partial charge in [0.15, 0.2) is 0 Å². The van der Waals surface area contributed by atoms with Gasteiger partial charge >= 0.3 is 5.97 Å². The minimum Gasteiger partial charge on any atom is -0.491 e. The van der Waals surface area contributed by atoms with E-state index < -0.39 is 0 Å². The van der Waals surface area contributed by atoms with Crippen LogP contribution in [0.1, 0.15) is 76.3 Å². The molecule has 0 amide bonds. The van der Waals surface area contributed by atoms with E-state index in [4.69, 9.17) is 23.7 Å². The lowest BCUT2D eigenvalue weighted by molar-refractivity contribution is -0.154. The van der Waals surface area contributed by atoms with Crippen LogP contribution in [0.3, 0.4) is 0 Å². The number of carbonyl (C=O) groups excluding carboxylic acids is 1. The number of benzene rings is 1. The van der Waals surface area contributed by atoms with Crippen LogP contribution in [-0.4, -0.2) is 58.3 Å². The summed E-state index contributed by atoms with van der Waals surface area (Å²) in [7, 11) is 0. The number of fused-ring (bicyclic) bond motifs is 5. The zero-order valence-electron chi connectivity index (χ0n) is 21.9. The van der Waals surface area contributed by atoms with Crippen LogP contribution in [0.25, 0.3) is 0 Å². The molecule has 3 aliphatic rings. The Morgan fingerprint density at radius 1 is 0.943 bits per heavy atom. The first-order valence-corrected chi connectivity index (χ1v) is 13.7. The fourth-order valence-corrected chi connectivity index (χ4v) is 6.90. The summed E-state index contributed by atoms with van der Waals surface area (Å²) >= 11 is 0. The maximum Gasteiger partial charge on any atom is 0.302 e.